The molecule has 0 radical (unpaired) electrons. The standard InChI is InChI=1S/C18H23ClN2O3/c1-2-24-17(22)13-9-20-15(19)5-14(13)21-16-11-3-10-4-12(16)8-18(23,6-10)7-11/h5,9-12,16,23H,2-4,6-8H2,1H3,(H,20,21)/t10?,11-,12+,16+,18-. The van der Waals surface area contributed by atoms with Gasteiger partial charge in [-0.2, -0.15) is 0 Å². The van der Waals surface area contributed by atoms with Crippen LogP contribution in [0.1, 0.15) is 49.4 Å². The van der Waals surface area contributed by atoms with Crippen molar-refractivity contribution in [2.24, 2.45) is 17.8 Å². The van der Waals surface area contributed by atoms with E-state index in [1.54, 1.807) is 13.0 Å². The van der Waals surface area contributed by atoms with E-state index in [4.69, 9.17) is 16.3 Å². The quantitative estimate of drug-likeness (QED) is 0.644. The van der Waals surface area contributed by atoms with Gasteiger partial charge in [-0.15, -0.1) is 0 Å². The molecule has 0 amide bonds. The van der Waals surface area contributed by atoms with Crippen LogP contribution in [0.15, 0.2) is 12.3 Å². The first kappa shape index (κ1) is 16.2. The van der Waals surface area contributed by atoms with Gasteiger partial charge < -0.3 is 15.2 Å². The number of nitrogens with zero attached hydrogens (tertiary/aromatic N) is 1. The van der Waals surface area contributed by atoms with Gasteiger partial charge in [0.1, 0.15) is 10.7 Å². The van der Waals surface area contributed by atoms with Crippen LogP contribution >= 0.6 is 11.6 Å². The van der Waals surface area contributed by atoms with Gasteiger partial charge in [-0.3, -0.25) is 0 Å². The molecule has 130 valence electrons. The zero-order valence-corrected chi connectivity index (χ0v) is 14.6. The zero-order chi connectivity index (χ0) is 16.9. The van der Waals surface area contributed by atoms with E-state index in [2.05, 4.69) is 10.3 Å². The maximum Gasteiger partial charge on any atom is 0.341 e. The summed E-state index contributed by atoms with van der Waals surface area (Å²) in [7, 11) is 0. The summed E-state index contributed by atoms with van der Waals surface area (Å²) in [5, 5.41) is 14.6. The molecule has 24 heavy (non-hydrogen) atoms. The number of anilines is 1. The number of pyridine rings is 1. The molecule has 5 rings (SSSR count). The molecule has 0 aliphatic heterocycles. The minimum absolute atomic E-state index is 0.272. The number of esters is 1. The number of halogens is 1. The van der Waals surface area contributed by atoms with E-state index in [1.165, 1.54) is 6.20 Å². The van der Waals surface area contributed by atoms with Gasteiger partial charge >= 0.3 is 5.97 Å². The molecule has 1 heterocycles. The van der Waals surface area contributed by atoms with E-state index >= 15 is 0 Å². The molecule has 2 N–H and O–H groups in total. The summed E-state index contributed by atoms with van der Waals surface area (Å²) in [6, 6.07) is 1.97. The van der Waals surface area contributed by atoms with Crippen molar-refractivity contribution in [3.05, 3.63) is 23.0 Å². The maximum absolute atomic E-state index is 12.2. The third-order valence-corrected chi connectivity index (χ3v) is 6.14. The Balaban J connectivity index is 1.60. The van der Waals surface area contributed by atoms with E-state index < -0.39 is 5.60 Å². The Morgan fingerprint density at radius 2 is 2.12 bits per heavy atom. The summed E-state index contributed by atoms with van der Waals surface area (Å²) in [6.07, 6.45) is 6.46. The lowest BCUT2D eigenvalue weighted by Gasteiger charge is -2.58. The fourth-order valence-electron chi connectivity index (χ4n) is 5.32. The highest BCUT2D eigenvalue weighted by atomic mass is 35.5. The van der Waals surface area contributed by atoms with Crippen molar-refractivity contribution >= 4 is 23.3 Å². The number of hydrogen-bond donors (Lipinski definition) is 2. The van der Waals surface area contributed by atoms with Gasteiger partial charge in [0, 0.05) is 12.2 Å². The topological polar surface area (TPSA) is 71.5 Å². The predicted octanol–water partition coefficient (Wildman–Crippen LogP) is 3.26. The Bertz CT molecular complexity index is 650. The van der Waals surface area contributed by atoms with Gasteiger partial charge in [0.05, 0.1) is 17.9 Å². The summed E-state index contributed by atoms with van der Waals surface area (Å²) in [6.45, 7) is 2.11. The van der Waals surface area contributed by atoms with Crippen LogP contribution in [0.3, 0.4) is 0 Å². The number of ether oxygens (including phenoxy) is 1. The molecule has 4 saturated carbocycles. The van der Waals surface area contributed by atoms with Crippen molar-refractivity contribution < 1.29 is 14.6 Å². The molecule has 1 unspecified atom stereocenters. The van der Waals surface area contributed by atoms with E-state index in [0.29, 0.717) is 40.8 Å². The second kappa shape index (κ2) is 5.88. The summed E-state index contributed by atoms with van der Waals surface area (Å²) in [5.74, 6) is 1.16. The van der Waals surface area contributed by atoms with Crippen LogP contribution in [-0.4, -0.2) is 34.3 Å². The highest BCUT2D eigenvalue weighted by Crippen LogP contribution is 2.56. The summed E-state index contributed by atoms with van der Waals surface area (Å²) in [4.78, 5) is 16.2. The molecule has 5 nitrogen and oxygen atoms in total. The van der Waals surface area contributed by atoms with Crippen LogP contribution in [0.4, 0.5) is 5.69 Å². The molecule has 4 aliphatic rings. The molecule has 0 spiro atoms. The number of aromatic nitrogens is 1. The van der Waals surface area contributed by atoms with Crippen molar-refractivity contribution in [2.75, 3.05) is 11.9 Å². The van der Waals surface area contributed by atoms with Crippen molar-refractivity contribution in [1.29, 1.82) is 0 Å². The number of rotatable bonds is 4. The van der Waals surface area contributed by atoms with Gasteiger partial charge in [-0.25, -0.2) is 9.78 Å². The van der Waals surface area contributed by atoms with Gasteiger partial charge in [0.15, 0.2) is 0 Å². The van der Waals surface area contributed by atoms with Gasteiger partial charge in [0.25, 0.3) is 0 Å². The maximum atomic E-state index is 12.2. The van der Waals surface area contributed by atoms with Gasteiger partial charge in [0.2, 0.25) is 0 Å². The van der Waals surface area contributed by atoms with Crippen molar-refractivity contribution in [3.8, 4) is 0 Å². The monoisotopic (exact) mass is 350 g/mol. The SMILES string of the molecule is CCOC(=O)c1cnc(Cl)cc1N[C@H]1[C@@H]2CC3C[C@H]1C[C@@](O)(C3)C2. The third kappa shape index (κ3) is 2.78. The highest BCUT2D eigenvalue weighted by Gasteiger charge is 2.54. The summed E-state index contributed by atoms with van der Waals surface area (Å²) in [5.41, 5.74) is 0.654. The smallest absolute Gasteiger partial charge is 0.341 e. The Morgan fingerprint density at radius 3 is 2.75 bits per heavy atom. The van der Waals surface area contributed by atoms with Crippen molar-refractivity contribution in [3.63, 3.8) is 0 Å². The zero-order valence-electron chi connectivity index (χ0n) is 13.8. The number of carbonyl (C=O) groups is 1. The Morgan fingerprint density at radius 1 is 1.42 bits per heavy atom. The second-order valence-electron chi connectivity index (χ2n) is 7.64. The largest absolute Gasteiger partial charge is 0.462 e. The second-order valence-corrected chi connectivity index (χ2v) is 8.02. The van der Waals surface area contributed by atoms with Crippen molar-refractivity contribution in [2.45, 2.75) is 50.7 Å². The first-order valence-corrected chi connectivity index (χ1v) is 9.17. The summed E-state index contributed by atoms with van der Waals surface area (Å²) < 4.78 is 5.13. The average Bonchev–Trinajstić information content (AvgIpc) is 2.49. The van der Waals surface area contributed by atoms with E-state index in [1.807, 2.05) is 0 Å². The lowest BCUT2D eigenvalue weighted by molar-refractivity contribution is -0.129. The molecule has 4 aliphatic carbocycles. The fraction of sp³-hybridized carbons (Fsp3) is 0.667. The minimum atomic E-state index is -0.464. The highest BCUT2D eigenvalue weighted by molar-refractivity contribution is 6.29. The molecule has 0 aromatic carbocycles. The Labute approximate surface area is 146 Å². The number of hydrogen-bond acceptors (Lipinski definition) is 5. The molecule has 1 aromatic heterocycles. The summed E-state index contributed by atoms with van der Waals surface area (Å²) >= 11 is 6.05. The van der Waals surface area contributed by atoms with Crippen LogP contribution in [0.2, 0.25) is 5.15 Å². The van der Waals surface area contributed by atoms with E-state index in [9.17, 15) is 9.90 Å². The molecular weight excluding hydrogens is 328 g/mol. The Kier molecular flexibility index (Phi) is 3.96. The predicted molar refractivity (Wildman–Crippen MR) is 91.1 cm³/mol. The van der Waals surface area contributed by atoms with Crippen molar-refractivity contribution in [1.82, 2.24) is 4.98 Å². The Hall–Kier alpha value is -1.33. The first-order chi connectivity index (χ1) is 11.5. The molecule has 5 atom stereocenters. The van der Waals surface area contributed by atoms with E-state index in [-0.39, 0.29) is 12.0 Å². The average molecular weight is 351 g/mol. The third-order valence-electron chi connectivity index (χ3n) is 5.93. The lowest BCUT2D eigenvalue weighted by atomic mass is 9.52. The minimum Gasteiger partial charge on any atom is -0.462 e. The molecule has 4 bridgehead atoms. The fourth-order valence-corrected chi connectivity index (χ4v) is 5.48. The molecule has 6 heteroatoms. The molecular formula is C18H23ClN2O3. The molecule has 1 aromatic rings. The van der Waals surface area contributed by atoms with Gasteiger partial charge in [-0.1, -0.05) is 11.6 Å². The lowest BCUT2D eigenvalue weighted by Crippen LogP contribution is -2.59. The van der Waals surface area contributed by atoms with Crippen LogP contribution in [0.5, 0.6) is 0 Å². The van der Waals surface area contributed by atoms with E-state index in [0.717, 1.165) is 32.1 Å². The molecule has 0 saturated heterocycles. The van der Waals surface area contributed by atoms with Crippen LogP contribution in [0, 0.1) is 17.8 Å². The molecule has 4 fully saturated rings. The number of nitrogens with one attached hydrogen (secondary N) is 1. The first-order valence-electron chi connectivity index (χ1n) is 8.79. The number of carbonyl (C=O) groups excluding carboxylic acids is 1. The van der Waals surface area contributed by atoms with Crippen LogP contribution < -0.4 is 5.32 Å². The number of aliphatic hydroxyl groups is 1. The van der Waals surface area contributed by atoms with Gasteiger partial charge in [-0.05, 0) is 62.8 Å². The van der Waals surface area contributed by atoms with Crippen LogP contribution in [-0.2, 0) is 4.74 Å². The van der Waals surface area contributed by atoms with Crippen LogP contribution in [0.25, 0.3) is 0 Å². The normalized spacial score (nSPS) is 36.6.